The Balaban J connectivity index is 1.33. The Hall–Kier alpha value is -4.35. The maximum atomic E-state index is 12.6. The highest BCUT2D eigenvalue weighted by Gasteiger charge is 2.51. The van der Waals surface area contributed by atoms with Crippen molar-refractivity contribution in [2.75, 3.05) is 7.11 Å². The molecule has 5 rings (SSSR count). The number of nitrogens with zero attached hydrogens (tertiary/aromatic N) is 3. The van der Waals surface area contributed by atoms with Crippen molar-refractivity contribution in [1.29, 1.82) is 0 Å². The fourth-order valence-corrected chi connectivity index (χ4v) is 4.30. The number of alkyl halides is 3. The first-order chi connectivity index (χ1) is 18.1. The van der Waals surface area contributed by atoms with E-state index in [4.69, 9.17) is 9.15 Å². The van der Waals surface area contributed by atoms with Crippen LogP contribution in [0.3, 0.4) is 0 Å². The van der Waals surface area contributed by atoms with Gasteiger partial charge in [0.1, 0.15) is 23.4 Å². The van der Waals surface area contributed by atoms with Crippen molar-refractivity contribution in [2.45, 2.75) is 44.4 Å². The number of aromatic nitrogens is 3. The average molecular weight is 528 g/mol. The highest BCUT2D eigenvalue weighted by Crippen LogP contribution is 2.36. The molecule has 2 heterocycles. The molecule has 0 saturated heterocycles. The Morgan fingerprint density at radius 2 is 1.84 bits per heavy atom. The van der Waals surface area contributed by atoms with Gasteiger partial charge in [-0.3, -0.25) is 9.59 Å². The molecule has 2 aromatic heterocycles. The van der Waals surface area contributed by atoms with Crippen molar-refractivity contribution >= 4 is 22.7 Å². The van der Waals surface area contributed by atoms with E-state index in [1.165, 1.54) is 0 Å². The molecule has 1 saturated carbocycles. The summed E-state index contributed by atoms with van der Waals surface area (Å²) >= 11 is 0. The third-order valence-corrected chi connectivity index (χ3v) is 6.33. The Labute approximate surface area is 215 Å². The van der Waals surface area contributed by atoms with Crippen LogP contribution < -0.4 is 15.4 Å². The minimum Gasteiger partial charge on any atom is -0.497 e. The molecule has 4 aromatic rings. The van der Waals surface area contributed by atoms with Crippen molar-refractivity contribution in [3.8, 4) is 23.0 Å². The molecule has 2 amide bonds. The largest absolute Gasteiger partial charge is 0.497 e. The second-order valence-electron chi connectivity index (χ2n) is 9.19. The van der Waals surface area contributed by atoms with Gasteiger partial charge >= 0.3 is 6.18 Å². The van der Waals surface area contributed by atoms with Crippen molar-refractivity contribution in [3.05, 3.63) is 60.0 Å². The Morgan fingerprint density at radius 1 is 1.11 bits per heavy atom. The number of aryl methyl sites for hydroxylation is 1. The van der Waals surface area contributed by atoms with Gasteiger partial charge in [0.15, 0.2) is 0 Å². The highest BCUT2D eigenvalue weighted by molar-refractivity contribution is 5.94. The van der Waals surface area contributed by atoms with E-state index in [1.807, 2.05) is 53.1 Å². The Bertz CT molecular complexity index is 1500. The maximum absolute atomic E-state index is 12.6. The minimum atomic E-state index is -4.63. The van der Waals surface area contributed by atoms with Crippen LogP contribution >= 0.6 is 0 Å². The maximum Gasteiger partial charge on any atom is 0.397 e. The third kappa shape index (κ3) is 5.20. The van der Waals surface area contributed by atoms with Crippen LogP contribution in [0.2, 0.25) is 0 Å². The summed E-state index contributed by atoms with van der Waals surface area (Å²) in [6.45, 7) is 1.86. The van der Waals surface area contributed by atoms with Crippen molar-refractivity contribution < 1.29 is 31.9 Å². The molecule has 0 radical (unpaired) electrons. The van der Waals surface area contributed by atoms with E-state index in [2.05, 4.69) is 20.8 Å². The van der Waals surface area contributed by atoms with Crippen LogP contribution in [0.5, 0.6) is 5.75 Å². The molecule has 1 aliphatic rings. The van der Waals surface area contributed by atoms with Gasteiger partial charge in [-0.25, -0.2) is 0 Å². The molecule has 0 aliphatic heterocycles. The van der Waals surface area contributed by atoms with Gasteiger partial charge in [0.2, 0.25) is 17.7 Å². The smallest absolute Gasteiger partial charge is 0.397 e. The molecule has 2 aromatic carbocycles. The van der Waals surface area contributed by atoms with Crippen molar-refractivity contribution in [2.24, 2.45) is 0 Å². The summed E-state index contributed by atoms with van der Waals surface area (Å²) in [5.74, 6) is -0.216. The highest BCUT2D eigenvalue weighted by atomic mass is 19.4. The molecule has 38 heavy (non-hydrogen) atoms. The Kier molecular flexibility index (Phi) is 6.33. The number of fused-ring (bicyclic) bond motifs is 1. The van der Waals surface area contributed by atoms with Gasteiger partial charge in [-0.1, -0.05) is 12.1 Å². The zero-order chi connectivity index (χ0) is 27.1. The summed E-state index contributed by atoms with van der Waals surface area (Å²) in [5, 5.41) is 14.0. The summed E-state index contributed by atoms with van der Waals surface area (Å²) in [6.07, 6.45) is -5.65. The molecule has 9 nitrogen and oxygen atoms in total. The third-order valence-electron chi connectivity index (χ3n) is 6.33. The Morgan fingerprint density at radius 3 is 2.45 bits per heavy atom. The number of hydrogen-bond acceptors (Lipinski definition) is 6. The zero-order valence-electron chi connectivity index (χ0n) is 20.6. The van der Waals surface area contributed by atoms with Crippen LogP contribution in [0, 0.1) is 6.92 Å². The fourth-order valence-electron chi connectivity index (χ4n) is 4.30. The zero-order valence-corrected chi connectivity index (χ0v) is 20.6. The number of amides is 2. The molecule has 2 N–H and O–H groups in total. The van der Waals surface area contributed by atoms with E-state index in [0.717, 1.165) is 22.2 Å². The van der Waals surface area contributed by atoms with Gasteiger partial charge in [-0.05, 0) is 54.8 Å². The van der Waals surface area contributed by atoms with E-state index in [-0.39, 0.29) is 6.54 Å². The molecule has 0 atom stereocenters. The predicted molar refractivity (Wildman–Crippen MR) is 130 cm³/mol. The molecular weight excluding hydrogens is 503 g/mol. The lowest BCUT2D eigenvalue weighted by Crippen LogP contribution is -2.49. The number of methoxy groups -OCH3 is 1. The second-order valence-corrected chi connectivity index (χ2v) is 9.19. The molecule has 0 unspecified atom stereocenters. The molecule has 0 spiro atoms. The number of nitrogens with one attached hydrogen (secondary N) is 2. The quantitative estimate of drug-likeness (QED) is 0.355. The molecular formula is C26H24F3N5O4. The normalized spacial score (nSPS) is 14.3. The number of ether oxygens (including phenoxy) is 1. The number of rotatable bonds is 8. The van der Waals surface area contributed by atoms with Crippen molar-refractivity contribution in [3.63, 3.8) is 0 Å². The number of carbonyl (C=O) groups is 2. The van der Waals surface area contributed by atoms with Gasteiger partial charge in [0.25, 0.3) is 5.89 Å². The van der Waals surface area contributed by atoms with Crippen LogP contribution in [0.1, 0.15) is 30.7 Å². The summed E-state index contributed by atoms with van der Waals surface area (Å²) in [7, 11) is 1.60. The summed E-state index contributed by atoms with van der Waals surface area (Å²) in [6, 6.07) is 15.0. The number of benzene rings is 2. The number of carbonyl (C=O) groups excluding carboxylic acids is 2. The molecule has 1 fully saturated rings. The van der Waals surface area contributed by atoms with Gasteiger partial charge in [-0.2, -0.15) is 13.2 Å². The van der Waals surface area contributed by atoms with Gasteiger partial charge < -0.3 is 24.4 Å². The SMILES string of the molecule is COc1ccc2c(c1)cc(-c1nnc(C)o1)n2-c1ccc(CNC(=O)C2(NC(=O)CC(F)(F)F)CC2)cc1. The van der Waals surface area contributed by atoms with Crippen LogP contribution in [0.4, 0.5) is 13.2 Å². The van der Waals surface area contributed by atoms with Gasteiger partial charge in [0.05, 0.1) is 12.6 Å². The van der Waals surface area contributed by atoms with Crippen molar-refractivity contribution in [1.82, 2.24) is 25.4 Å². The minimum absolute atomic E-state index is 0.148. The van der Waals surface area contributed by atoms with E-state index in [9.17, 15) is 22.8 Å². The summed E-state index contributed by atoms with van der Waals surface area (Å²) in [4.78, 5) is 24.3. The molecule has 198 valence electrons. The monoisotopic (exact) mass is 527 g/mol. The first-order valence-electron chi connectivity index (χ1n) is 11.8. The summed E-state index contributed by atoms with van der Waals surface area (Å²) < 4.78 is 50.4. The standard InChI is InChI=1S/C26H24F3N5O4/c1-15-32-33-23(38-15)21-12-17-11-19(37-2)7-8-20(17)34(21)18-5-3-16(4-6-18)14-30-24(36)25(9-10-25)31-22(35)13-26(27,28)29/h3-8,11-12H,9-10,13-14H2,1-2H3,(H,30,36)(H,31,35). The van der Waals surface area contributed by atoms with Crippen LogP contribution in [-0.4, -0.2) is 45.4 Å². The summed E-state index contributed by atoms with van der Waals surface area (Å²) in [5.41, 5.74) is 1.89. The van der Waals surface area contributed by atoms with E-state index in [0.29, 0.717) is 36.1 Å². The lowest BCUT2D eigenvalue weighted by Gasteiger charge is -2.18. The first-order valence-corrected chi connectivity index (χ1v) is 11.8. The molecule has 1 aliphatic carbocycles. The van der Waals surface area contributed by atoms with E-state index < -0.39 is 30.0 Å². The van der Waals surface area contributed by atoms with Gasteiger partial charge in [0, 0.05) is 24.5 Å². The predicted octanol–water partition coefficient (Wildman–Crippen LogP) is 4.21. The number of halogens is 3. The molecule has 12 heteroatoms. The van der Waals surface area contributed by atoms with Crippen LogP contribution in [0.25, 0.3) is 28.2 Å². The average Bonchev–Trinajstić information content (AvgIpc) is 3.35. The molecule has 0 bridgehead atoms. The first kappa shape index (κ1) is 25.3. The lowest BCUT2D eigenvalue weighted by atomic mass is 10.1. The van der Waals surface area contributed by atoms with E-state index in [1.54, 1.807) is 14.0 Å². The fraction of sp³-hybridized carbons (Fsp3) is 0.308. The van der Waals surface area contributed by atoms with Crippen LogP contribution in [0.15, 0.2) is 52.9 Å². The topological polar surface area (TPSA) is 111 Å². The lowest BCUT2D eigenvalue weighted by molar-refractivity contribution is -0.155. The van der Waals surface area contributed by atoms with Crippen LogP contribution in [-0.2, 0) is 16.1 Å². The number of hydrogen-bond donors (Lipinski definition) is 2. The van der Waals surface area contributed by atoms with E-state index >= 15 is 0 Å². The van der Waals surface area contributed by atoms with Gasteiger partial charge in [-0.15, -0.1) is 10.2 Å². The second kappa shape index (κ2) is 9.51.